The monoisotopic (exact) mass is 336 g/mol. The van der Waals surface area contributed by atoms with Gasteiger partial charge in [-0.3, -0.25) is 14.8 Å². The molecule has 25 heavy (non-hydrogen) atoms. The van der Waals surface area contributed by atoms with Crippen LogP contribution in [-0.2, 0) is 13.1 Å². The summed E-state index contributed by atoms with van der Waals surface area (Å²) in [6, 6.07) is 11.9. The predicted octanol–water partition coefficient (Wildman–Crippen LogP) is 3.16. The number of benzene rings is 1. The highest BCUT2D eigenvalue weighted by molar-refractivity contribution is 5.94. The molecule has 1 amide bonds. The predicted molar refractivity (Wildman–Crippen MR) is 93.4 cm³/mol. The molecular weight excluding hydrogens is 319 g/mol. The Morgan fingerprint density at radius 1 is 1.00 bits per heavy atom. The molecule has 0 atom stereocenters. The number of anilines is 1. The third-order valence-electron chi connectivity index (χ3n) is 3.62. The van der Waals surface area contributed by atoms with Crippen LogP contribution in [0.5, 0.6) is 0 Å². The van der Waals surface area contributed by atoms with Gasteiger partial charge in [0.2, 0.25) is 0 Å². The van der Waals surface area contributed by atoms with Crippen LogP contribution in [0.1, 0.15) is 21.5 Å². The van der Waals surface area contributed by atoms with Gasteiger partial charge in [-0.15, -0.1) is 0 Å². The van der Waals surface area contributed by atoms with Crippen LogP contribution < -0.4 is 10.6 Å². The molecule has 0 aliphatic carbocycles. The van der Waals surface area contributed by atoms with Crippen LogP contribution in [0.25, 0.3) is 0 Å². The molecule has 0 bridgehead atoms. The summed E-state index contributed by atoms with van der Waals surface area (Å²) in [4.78, 5) is 20.3. The number of amides is 1. The highest BCUT2D eigenvalue weighted by atomic mass is 19.1. The van der Waals surface area contributed by atoms with Crippen molar-refractivity contribution in [2.45, 2.75) is 13.1 Å². The molecule has 0 unspecified atom stereocenters. The molecule has 2 N–H and O–H groups in total. The molecule has 0 fully saturated rings. The topological polar surface area (TPSA) is 66.9 Å². The Morgan fingerprint density at radius 2 is 1.88 bits per heavy atom. The lowest BCUT2D eigenvalue weighted by atomic mass is 10.2. The molecule has 0 spiro atoms. The Balaban J connectivity index is 1.61. The van der Waals surface area contributed by atoms with Crippen molar-refractivity contribution in [3.8, 4) is 0 Å². The van der Waals surface area contributed by atoms with E-state index in [1.54, 1.807) is 42.9 Å². The molecule has 126 valence electrons. The third-order valence-corrected chi connectivity index (χ3v) is 3.62. The maximum absolute atomic E-state index is 13.6. The van der Waals surface area contributed by atoms with E-state index in [1.165, 1.54) is 12.3 Å². The number of halogens is 1. The minimum Gasteiger partial charge on any atom is -0.380 e. The van der Waals surface area contributed by atoms with Crippen LogP contribution >= 0.6 is 0 Å². The van der Waals surface area contributed by atoms with E-state index in [-0.39, 0.29) is 11.7 Å². The molecule has 0 radical (unpaired) electrons. The summed E-state index contributed by atoms with van der Waals surface area (Å²) < 4.78 is 13.6. The Hall–Kier alpha value is -3.28. The number of pyridine rings is 2. The first-order valence-electron chi connectivity index (χ1n) is 7.82. The summed E-state index contributed by atoms with van der Waals surface area (Å²) in [6.07, 6.45) is 6.47. The quantitative estimate of drug-likeness (QED) is 0.726. The zero-order chi connectivity index (χ0) is 17.5. The van der Waals surface area contributed by atoms with Gasteiger partial charge >= 0.3 is 0 Å². The van der Waals surface area contributed by atoms with E-state index in [1.807, 2.05) is 12.1 Å². The van der Waals surface area contributed by atoms with E-state index in [0.717, 1.165) is 5.56 Å². The SMILES string of the molecule is O=C(NCc1cccnc1)c1cncc(NCc2ccccc2F)c1. The standard InChI is InChI=1S/C19H17FN4O/c20-18-6-2-1-5-15(18)12-23-17-8-16(11-22-13-17)19(25)24-10-14-4-3-7-21-9-14/h1-9,11,13,23H,10,12H2,(H,24,25). The number of nitrogens with zero attached hydrogens (tertiary/aromatic N) is 2. The molecular formula is C19H17FN4O. The fourth-order valence-electron chi connectivity index (χ4n) is 2.29. The number of rotatable bonds is 6. The Labute approximate surface area is 145 Å². The number of hydrogen-bond acceptors (Lipinski definition) is 4. The zero-order valence-corrected chi connectivity index (χ0v) is 13.4. The maximum Gasteiger partial charge on any atom is 0.253 e. The average Bonchev–Trinajstić information content (AvgIpc) is 2.66. The highest BCUT2D eigenvalue weighted by Crippen LogP contribution is 2.12. The van der Waals surface area contributed by atoms with Gasteiger partial charge in [0.15, 0.2) is 0 Å². The van der Waals surface area contributed by atoms with E-state index in [4.69, 9.17) is 0 Å². The smallest absolute Gasteiger partial charge is 0.253 e. The van der Waals surface area contributed by atoms with Crippen molar-refractivity contribution in [3.63, 3.8) is 0 Å². The summed E-state index contributed by atoms with van der Waals surface area (Å²) in [5.41, 5.74) is 2.55. The Morgan fingerprint density at radius 3 is 2.68 bits per heavy atom. The normalized spacial score (nSPS) is 10.3. The molecule has 1 aromatic carbocycles. The first kappa shape index (κ1) is 16.6. The summed E-state index contributed by atoms with van der Waals surface area (Å²) in [5.74, 6) is -0.501. The molecule has 2 heterocycles. The largest absolute Gasteiger partial charge is 0.380 e. The number of nitrogens with one attached hydrogen (secondary N) is 2. The second-order valence-electron chi connectivity index (χ2n) is 5.45. The summed E-state index contributed by atoms with van der Waals surface area (Å²) in [5, 5.41) is 5.90. The second-order valence-corrected chi connectivity index (χ2v) is 5.45. The zero-order valence-electron chi connectivity index (χ0n) is 13.4. The second kappa shape index (κ2) is 8.01. The van der Waals surface area contributed by atoms with Gasteiger partial charge in [0.1, 0.15) is 5.82 Å². The first-order chi connectivity index (χ1) is 12.2. The van der Waals surface area contributed by atoms with Crippen LogP contribution in [0.2, 0.25) is 0 Å². The van der Waals surface area contributed by atoms with Gasteiger partial charge in [-0.1, -0.05) is 24.3 Å². The number of hydrogen-bond donors (Lipinski definition) is 2. The van der Waals surface area contributed by atoms with E-state index in [2.05, 4.69) is 20.6 Å². The van der Waals surface area contributed by atoms with Crippen molar-refractivity contribution < 1.29 is 9.18 Å². The molecule has 0 aliphatic rings. The van der Waals surface area contributed by atoms with Gasteiger partial charge in [-0.05, 0) is 23.8 Å². The Bertz CT molecular complexity index is 855. The van der Waals surface area contributed by atoms with E-state index >= 15 is 0 Å². The van der Waals surface area contributed by atoms with Crippen molar-refractivity contribution in [1.29, 1.82) is 0 Å². The van der Waals surface area contributed by atoms with E-state index in [9.17, 15) is 9.18 Å². The van der Waals surface area contributed by atoms with Crippen molar-refractivity contribution in [2.75, 3.05) is 5.32 Å². The lowest BCUT2D eigenvalue weighted by Crippen LogP contribution is -2.23. The van der Waals surface area contributed by atoms with Crippen LogP contribution in [0.15, 0.2) is 67.3 Å². The van der Waals surface area contributed by atoms with Gasteiger partial charge in [-0.25, -0.2) is 4.39 Å². The van der Waals surface area contributed by atoms with E-state index in [0.29, 0.717) is 29.9 Å². The van der Waals surface area contributed by atoms with Crippen LogP contribution in [0, 0.1) is 5.82 Å². The third kappa shape index (κ3) is 4.60. The van der Waals surface area contributed by atoms with Crippen molar-refractivity contribution in [1.82, 2.24) is 15.3 Å². The van der Waals surface area contributed by atoms with Crippen LogP contribution in [0.3, 0.4) is 0 Å². The Kier molecular flexibility index (Phi) is 5.31. The lowest BCUT2D eigenvalue weighted by molar-refractivity contribution is 0.0950. The maximum atomic E-state index is 13.6. The molecule has 0 saturated heterocycles. The molecule has 5 nitrogen and oxygen atoms in total. The fraction of sp³-hybridized carbons (Fsp3) is 0.105. The van der Waals surface area contributed by atoms with Gasteiger partial charge in [0.25, 0.3) is 5.91 Å². The fourth-order valence-corrected chi connectivity index (χ4v) is 2.29. The molecule has 0 saturated carbocycles. The number of carbonyl (C=O) groups is 1. The number of carbonyl (C=O) groups excluding carboxylic acids is 1. The van der Waals surface area contributed by atoms with Crippen molar-refractivity contribution >= 4 is 11.6 Å². The summed E-state index contributed by atoms with van der Waals surface area (Å²) in [7, 11) is 0. The molecule has 3 aromatic rings. The first-order valence-corrected chi connectivity index (χ1v) is 7.82. The van der Waals surface area contributed by atoms with Crippen molar-refractivity contribution in [3.05, 3.63) is 89.8 Å². The van der Waals surface area contributed by atoms with Crippen LogP contribution in [-0.4, -0.2) is 15.9 Å². The lowest BCUT2D eigenvalue weighted by Gasteiger charge is -2.09. The molecule has 0 aliphatic heterocycles. The number of aromatic nitrogens is 2. The highest BCUT2D eigenvalue weighted by Gasteiger charge is 2.07. The van der Waals surface area contributed by atoms with Gasteiger partial charge in [0, 0.05) is 43.4 Å². The molecule has 6 heteroatoms. The summed E-state index contributed by atoms with van der Waals surface area (Å²) >= 11 is 0. The van der Waals surface area contributed by atoms with Crippen LogP contribution in [0.4, 0.5) is 10.1 Å². The summed E-state index contributed by atoms with van der Waals surface area (Å²) in [6.45, 7) is 0.703. The molecule has 2 aromatic heterocycles. The van der Waals surface area contributed by atoms with Gasteiger partial charge in [-0.2, -0.15) is 0 Å². The van der Waals surface area contributed by atoms with Gasteiger partial charge < -0.3 is 10.6 Å². The average molecular weight is 336 g/mol. The van der Waals surface area contributed by atoms with Crippen molar-refractivity contribution in [2.24, 2.45) is 0 Å². The van der Waals surface area contributed by atoms with E-state index < -0.39 is 0 Å². The van der Waals surface area contributed by atoms with Gasteiger partial charge in [0.05, 0.1) is 11.3 Å². The minimum absolute atomic E-state index is 0.231. The minimum atomic E-state index is -0.270. The molecule has 3 rings (SSSR count).